The van der Waals surface area contributed by atoms with Crippen molar-refractivity contribution in [2.24, 2.45) is 0 Å². The highest BCUT2D eigenvalue weighted by atomic mass is 35.5. The Bertz CT molecular complexity index is 1350. The SMILES string of the molecule is CCOc1nc2c(c(C)nn2-c2cccc(F)c2)c(C)c1CCC(=O)NCc1cccc(Cl)c1. The van der Waals surface area contributed by atoms with Crippen molar-refractivity contribution in [1.29, 1.82) is 0 Å². The van der Waals surface area contributed by atoms with E-state index in [1.807, 2.05) is 39.0 Å². The summed E-state index contributed by atoms with van der Waals surface area (Å²) < 4.78 is 21.3. The fourth-order valence-electron chi connectivity index (χ4n) is 4.05. The first kappa shape index (κ1) is 23.7. The standard InChI is InChI=1S/C26H26ClFN4O2/c1-4-34-26-22(11-12-23(33)29-15-18-7-5-8-19(27)13-18)16(2)24-17(3)31-32(25(24)30-26)21-10-6-9-20(28)14-21/h5-10,13-14H,4,11-12,15H2,1-3H3,(H,29,33). The monoisotopic (exact) mass is 480 g/mol. The van der Waals surface area contributed by atoms with Crippen molar-refractivity contribution >= 4 is 28.5 Å². The van der Waals surface area contributed by atoms with E-state index < -0.39 is 0 Å². The van der Waals surface area contributed by atoms with Crippen LogP contribution in [0.1, 0.15) is 35.7 Å². The second-order valence-corrected chi connectivity index (χ2v) is 8.47. The normalized spacial score (nSPS) is 11.1. The molecule has 0 aliphatic rings. The van der Waals surface area contributed by atoms with Gasteiger partial charge in [-0.15, -0.1) is 0 Å². The topological polar surface area (TPSA) is 69.0 Å². The van der Waals surface area contributed by atoms with E-state index in [1.165, 1.54) is 12.1 Å². The van der Waals surface area contributed by atoms with Gasteiger partial charge < -0.3 is 10.1 Å². The van der Waals surface area contributed by atoms with E-state index >= 15 is 0 Å². The number of fused-ring (bicyclic) bond motifs is 1. The summed E-state index contributed by atoms with van der Waals surface area (Å²) in [6.45, 7) is 6.61. The van der Waals surface area contributed by atoms with Crippen LogP contribution >= 0.6 is 11.6 Å². The first-order valence-corrected chi connectivity index (χ1v) is 11.5. The average molecular weight is 481 g/mol. The molecular formula is C26H26ClFN4O2. The molecule has 0 bridgehead atoms. The van der Waals surface area contributed by atoms with Crippen LogP contribution in [0.25, 0.3) is 16.7 Å². The van der Waals surface area contributed by atoms with Crippen LogP contribution in [-0.4, -0.2) is 27.3 Å². The fraction of sp³-hybridized carbons (Fsp3) is 0.269. The summed E-state index contributed by atoms with van der Waals surface area (Å²) >= 11 is 6.02. The number of aromatic nitrogens is 3. The predicted octanol–water partition coefficient (Wildman–Crippen LogP) is 5.48. The molecular weight excluding hydrogens is 455 g/mol. The van der Waals surface area contributed by atoms with Crippen molar-refractivity contribution < 1.29 is 13.9 Å². The quantitative estimate of drug-likeness (QED) is 0.362. The molecule has 176 valence electrons. The highest BCUT2D eigenvalue weighted by Gasteiger charge is 2.21. The molecule has 2 heterocycles. The zero-order chi connectivity index (χ0) is 24.2. The van der Waals surface area contributed by atoms with Crippen LogP contribution in [0.4, 0.5) is 4.39 Å². The van der Waals surface area contributed by atoms with Gasteiger partial charge in [0.25, 0.3) is 0 Å². The van der Waals surface area contributed by atoms with E-state index in [9.17, 15) is 9.18 Å². The van der Waals surface area contributed by atoms with Crippen molar-refractivity contribution in [1.82, 2.24) is 20.1 Å². The van der Waals surface area contributed by atoms with Gasteiger partial charge in [0.15, 0.2) is 5.65 Å². The molecule has 6 nitrogen and oxygen atoms in total. The van der Waals surface area contributed by atoms with Crippen LogP contribution in [0.5, 0.6) is 5.88 Å². The molecule has 1 N–H and O–H groups in total. The van der Waals surface area contributed by atoms with E-state index in [4.69, 9.17) is 21.3 Å². The van der Waals surface area contributed by atoms with E-state index in [1.54, 1.807) is 22.9 Å². The molecule has 4 aromatic rings. The van der Waals surface area contributed by atoms with Crippen LogP contribution in [0.15, 0.2) is 48.5 Å². The second kappa shape index (κ2) is 10.2. The van der Waals surface area contributed by atoms with Gasteiger partial charge >= 0.3 is 0 Å². The molecule has 0 atom stereocenters. The molecule has 2 aromatic carbocycles. The number of hydrogen-bond donors (Lipinski definition) is 1. The van der Waals surface area contributed by atoms with E-state index in [0.29, 0.717) is 41.8 Å². The third-order valence-electron chi connectivity index (χ3n) is 5.64. The number of nitrogens with zero attached hydrogens (tertiary/aromatic N) is 3. The number of carbonyl (C=O) groups is 1. The number of halogens is 2. The number of amides is 1. The first-order chi connectivity index (χ1) is 16.4. The largest absolute Gasteiger partial charge is 0.478 e. The lowest BCUT2D eigenvalue weighted by molar-refractivity contribution is -0.121. The highest BCUT2D eigenvalue weighted by molar-refractivity contribution is 6.30. The van der Waals surface area contributed by atoms with Gasteiger partial charge in [0.05, 0.1) is 18.0 Å². The Kier molecular flexibility index (Phi) is 7.12. The number of ether oxygens (including phenoxy) is 1. The molecule has 0 unspecified atom stereocenters. The number of nitrogens with one attached hydrogen (secondary N) is 1. The summed E-state index contributed by atoms with van der Waals surface area (Å²) in [4.78, 5) is 17.3. The van der Waals surface area contributed by atoms with Crippen molar-refractivity contribution in [2.45, 2.75) is 40.2 Å². The lowest BCUT2D eigenvalue weighted by Gasteiger charge is -2.14. The molecule has 34 heavy (non-hydrogen) atoms. The zero-order valence-corrected chi connectivity index (χ0v) is 20.1. The van der Waals surface area contributed by atoms with Crippen LogP contribution in [0, 0.1) is 19.7 Å². The Hall–Kier alpha value is -3.45. The summed E-state index contributed by atoms with van der Waals surface area (Å²) in [6.07, 6.45) is 0.752. The van der Waals surface area contributed by atoms with Gasteiger partial charge in [-0.25, -0.2) is 9.07 Å². The Morgan fingerprint density at radius 2 is 1.97 bits per heavy atom. The van der Waals surface area contributed by atoms with Gasteiger partial charge in [-0.3, -0.25) is 4.79 Å². The molecule has 4 rings (SSSR count). The summed E-state index contributed by atoms with van der Waals surface area (Å²) in [5, 5.41) is 9.06. The Labute approximate surface area is 202 Å². The van der Waals surface area contributed by atoms with E-state index in [0.717, 1.165) is 27.8 Å². The fourth-order valence-corrected chi connectivity index (χ4v) is 4.26. The molecule has 0 fully saturated rings. The molecule has 0 aliphatic carbocycles. The number of benzene rings is 2. The van der Waals surface area contributed by atoms with Crippen LogP contribution in [0.2, 0.25) is 5.02 Å². The van der Waals surface area contributed by atoms with Crippen LogP contribution in [-0.2, 0) is 17.8 Å². The van der Waals surface area contributed by atoms with Crippen LogP contribution in [0.3, 0.4) is 0 Å². The van der Waals surface area contributed by atoms with Gasteiger partial charge in [0.2, 0.25) is 11.8 Å². The maximum Gasteiger partial charge on any atom is 0.220 e. The third-order valence-corrected chi connectivity index (χ3v) is 5.88. The maximum absolute atomic E-state index is 13.8. The van der Waals surface area contributed by atoms with Crippen LogP contribution < -0.4 is 10.1 Å². The maximum atomic E-state index is 13.8. The molecule has 0 aliphatic heterocycles. The Morgan fingerprint density at radius 1 is 1.18 bits per heavy atom. The number of hydrogen-bond acceptors (Lipinski definition) is 4. The summed E-state index contributed by atoms with van der Waals surface area (Å²) in [5.41, 5.74) is 4.72. The second-order valence-electron chi connectivity index (χ2n) is 8.04. The number of rotatable bonds is 8. The highest BCUT2D eigenvalue weighted by Crippen LogP contribution is 2.32. The molecule has 2 aromatic heterocycles. The minimum absolute atomic E-state index is 0.0749. The summed E-state index contributed by atoms with van der Waals surface area (Å²) in [5.74, 6) is 0.0442. The van der Waals surface area contributed by atoms with Crippen molar-refractivity contribution in [2.75, 3.05) is 6.61 Å². The third kappa shape index (κ3) is 5.04. The number of aryl methyl sites for hydroxylation is 2. The smallest absolute Gasteiger partial charge is 0.220 e. The molecule has 0 radical (unpaired) electrons. The average Bonchev–Trinajstić information content (AvgIpc) is 3.14. The number of carbonyl (C=O) groups excluding carboxylic acids is 1. The van der Waals surface area contributed by atoms with Crippen molar-refractivity contribution in [3.8, 4) is 11.6 Å². The minimum atomic E-state index is -0.346. The van der Waals surface area contributed by atoms with Crippen molar-refractivity contribution in [3.05, 3.63) is 81.8 Å². The molecule has 0 saturated heterocycles. The van der Waals surface area contributed by atoms with Crippen molar-refractivity contribution in [3.63, 3.8) is 0 Å². The zero-order valence-electron chi connectivity index (χ0n) is 19.4. The van der Waals surface area contributed by atoms with Gasteiger partial charge in [-0.1, -0.05) is 29.8 Å². The molecule has 0 spiro atoms. The van der Waals surface area contributed by atoms with Gasteiger partial charge in [-0.05, 0) is 68.7 Å². The number of pyridine rings is 1. The Balaban J connectivity index is 1.60. The molecule has 1 amide bonds. The van der Waals surface area contributed by atoms with Gasteiger partial charge in [0.1, 0.15) is 5.82 Å². The lowest BCUT2D eigenvalue weighted by atomic mass is 10.0. The Morgan fingerprint density at radius 3 is 2.71 bits per heavy atom. The van der Waals surface area contributed by atoms with Gasteiger partial charge in [-0.2, -0.15) is 10.1 Å². The predicted molar refractivity (Wildman–Crippen MR) is 131 cm³/mol. The van der Waals surface area contributed by atoms with Gasteiger partial charge in [0, 0.05) is 28.9 Å². The molecule has 8 heteroatoms. The first-order valence-electron chi connectivity index (χ1n) is 11.2. The van der Waals surface area contributed by atoms with E-state index in [2.05, 4.69) is 10.4 Å². The minimum Gasteiger partial charge on any atom is -0.478 e. The lowest BCUT2D eigenvalue weighted by Crippen LogP contribution is -2.23. The summed E-state index contributed by atoms with van der Waals surface area (Å²) in [7, 11) is 0. The molecule has 0 saturated carbocycles. The van der Waals surface area contributed by atoms with E-state index in [-0.39, 0.29) is 18.1 Å². The summed E-state index contributed by atoms with van der Waals surface area (Å²) in [6, 6.07) is 13.6.